The fourth-order valence-corrected chi connectivity index (χ4v) is 2.20. The molecule has 18 heavy (non-hydrogen) atoms. The Labute approximate surface area is 112 Å². The van der Waals surface area contributed by atoms with Gasteiger partial charge in [0, 0.05) is 25.3 Å². The van der Waals surface area contributed by atoms with Gasteiger partial charge in [0.2, 0.25) is 0 Å². The second-order valence-corrected chi connectivity index (χ2v) is 5.04. The van der Waals surface area contributed by atoms with Crippen LogP contribution in [0.5, 0.6) is 0 Å². The minimum Gasteiger partial charge on any atom is -0.375 e. The van der Waals surface area contributed by atoms with Gasteiger partial charge in [-0.1, -0.05) is 26.0 Å². The predicted octanol–water partition coefficient (Wildman–Crippen LogP) is 3.46. The highest BCUT2D eigenvalue weighted by atomic mass is 15.1. The Morgan fingerprint density at radius 1 is 1.17 bits per heavy atom. The summed E-state index contributed by atoms with van der Waals surface area (Å²) in [6.45, 7) is 8.81. The monoisotopic (exact) mass is 248 g/mol. The van der Waals surface area contributed by atoms with Gasteiger partial charge in [0.25, 0.3) is 0 Å². The Kier molecular flexibility index (Phi) is 6.81. The molecule has 0 saturated carbocycles. The van der Waals surface area contributed by atoms with Crippen LogP contribution in [0.1, 0.15) is 39.2 Å². The van der Waals surface area contributed by atoms with E-state index in [1.165, 1.54) is 24.1 Å². The summed E-state index contributed by atoms with van der Waals surface area (Å²) < 4.78 is 0. The van der Waals surface area contributed by atoms with E-state index in [1.54, 1.807) is 0 Å². The van der Waals surface area contributed by atoms with E-state index in [2.05, 4.69) is 62.3 Å². The molecule has 1 atom stereocenters. The van der Waals surface area contributed by atoms with Crippen LogP contribution in [0.3, 0.4) is 0 Å². The molecule has 0 bridgehead atoms. The summed E-state index contributed by atoms with van der Waals surface area (Å²) in [7, 11) is 2.18. The first-order valence-corrected chi connectivity index (χ1v) is 7.20. The molecule has 1 aromatic carbocycles. The van der Waals surface area contributed by atoms with Gasteiger partial charge < -0.3 is 10.2 Å². The van der Waals surface area contributed by atoms with E-state index in [0.717, 1.165) is 19.5 Å². The van der Waals surface area contributed by atoms with Crippen molar-refractivity contribution in [1.82, 2.24) is 5.32 Å². The van der Waals surface area contributed by atoms with Gasteiger partial charge >= 0.3 is 0 Å². The number of nitrogens with zero attached hydrogens (tertiary/aromatic N) is 1. The van der Waals surface area contributed by atoms with Gasteiger partial charge in [0.05, 0.1) is 0 Å². The van der Waals surface area contributed by atoms with Crippen molar-refractivity contribution in [2.24, 2.45) is 0 Å². The lowest BCUT2D eigenvalue weighted by atomic mass is 10.1. The lowest BCUT2D eigenvalue weighted by Crippen LogP contribution is -2.27. The number of hydrogen-bond acceptors (Lipinski definition) is 2. The van der Waals surface area contributed by atoms with Crippen LogP contribution >= 0.6 is 0 Å². The third kappa shape index (κ3) is 5.09. The molecule has 0 aliphatic carbocycles. The molecule has 1 rings (SSSR count). The number of hydrogen-bond donors (Lipinski definition) is 1. The summed E-state index contributed by atoms with van der Waals surface area (Å²) in [4.78, 5) is 2.35. The molecule has 1 N–H and O–H groups in total. The minimum absolute atomic E-state index is 0.630. The molecule has 0 aliphatic heterocycles. The van der Waals surface area contributed by atoms with Crippen molar-refractivity contribution in [3.05, 3.63) is 29.8 Å². The number of benzene rings is 1. The van der Waals surface area contributed by atoms with Crippen LogP contribution < -0.4 is 10.2 Å². The summed E-state index contributed by atoms with van der Waals surface area (Å²) in [5, 5.41) is 3.46. The number of rotatable bonds is 8. The molecule has 0 radical (unpaired) electrons. The molecule has 0 aromatic heterocycles. The standard InChI is InChI=1S/C16H28N2/c1-5-15-9-11-16(12-10-15)18(4)13-7-8-14(3)17-6-2/h9-12,14,17H,5-8,13H2,1-4H3. The Balaban J connectivity index is 2.33. The van der Waals surface area contributed by atoms with Crippen LogP contribution in [0.25, 0.3) is 0 Å². The van der Waals surface area contributed by atoms with E-state index in [-0.39, 0.29) is 0 Å². The molecular formula is C16H28N2. The first kappa shape index (κ1) is 15.0. The van der Waals surface area contributed by atoms with Gasteiger partial charge in [-0.05, 0) is 50.4 Å². The molecule has 0 fully saturated rings. The smallest absolute Gasteiger partial charge is 0.0363 e. The van der Waals surface area contributed by atoms with Gasteiger partial charge in [0.1, 0.15) is 0 Å². The molecular weight excluding hydrogens is 220 g/mol. The Bertz CT molecular complexity index is 318. The molecule has 2 nitrogen and oxygen atoms in total. The van der Waals surface area contributed by atoms with Crippen molar-refractivity contribution in [3.8, 4) is 0 Å². The second kappa shape index (κ2) is 8.15. The maximum atomic E-state index is 3.46. The van der Waals surface area contributed by atoms with E-state index >= 15 is 0 Å². The Morgan fingerprint density at radius 2 is 1.83 bits per heavy atom. The highest BCUT2D eigenvalue weighted by molar-refractivity contribution is 5.46. The number of nitrogens with one attached hydrogen (secondary N) is 1. The maximum absolute atomic E-state index is 3.46. The zero-order valence-corrected chi connectivity index (χ0v) is 12.4. The highest BCUT2D eigenvalue weighted by Gasteiger charge is 2.03. The highest BCUT2D eigenvalue weighted by Crippen LogP contribution is 2.14. The van der Waals surface area contributed by atoms with Crippen LogP contribution in [0.15, 0.2) is 24.3 Å². The van der Waals surface area contributed by atoms with E-state index in [9.17, 15) is 0 Å². The van der Waals surface area contributed by atoms with Crippen molar-refractivity contribution in [1.29, 1.82) is 0 Å². The van der Waals surface area contributed by atoms with Gasteiger partial charge in [-0.25, -0.2) is 0 Å². The van der Waals surface area contributed by atoms with Crippen molar-refractivity contribution in [2.45, 2.75) is 46.1 Å². The van der Waals surface area contributed by atoms with Crippen molar-refractivity contribution < 1.29 is 0 Å². The van der Waals surface area contributed by atoms with Gasteiger partial charge in [-0.15, -0.1) is 0 Å². The normalized spacial score (nSPS) is 12.4. The van der Waals surface area contributed by atoms with Crippen LogP contribution in [-0.2, 0) is 6.42 Å². The fraction of sp³-hybridized carbons (Fsp3) is 0.625. The molecule has 1 unspecified atom stereocenters. The number of anilines is 1. The first-order valence-electron chi connectivity index (χ1n) is 7.20. The van der Waals surface area contributed by atoms with Gasteiger partial charge in [-0.2, -0.15) is 0 Å². The minimum atomic E-state index is 0.630. The second-order valence-electron chi connectivity index (χ2n) is 5.04. The van der Waals surface area contributed by atoms with E-state index in [4.69, 9.17) is 0 Å². The van der Waals surface area contributed by atoms with Crippen LogP contribution in [0.4, 0.5) is 5.69 Å². The predicted molar refractivity (Wildman–Crippen MR) is 81.5 cm³/mol. The van der Waals surface area contributed by atoms with E-state index < -0.39 is 0 Å². The molecule has 0 amide bonds. The first-order chi connectivity index (χ1) is 8.67. The van der Waals surface area contributed by atoms with Gasteiger partial charge in [-0.3, -0.25) is 0 Å². The zero-order valence-electron chi connectivity index (χ0n) is 12.4. The summed E-state index contributed by atoms with van der Waals surface area (Å²) in [5.74, 6) is 0. The topological polar surface area (TPSA) is 15.3 Å². The van der Waals surface area contributed by atoms with Crippen LogP contribution in [0, 0.1) is 0 Å². The van der Waals surface area contributed by atoms with Crippen molar-refractivity contribution in [2.75, 3.05) is 25.0 Å². The molecule has 0 saturated heterocycles. The van der Waals surface area contributed by atoms with E-state index in [1.807, 2.05) is 0 Å². The fourth-order valence-electron chi connectivity index (χ4n) is 2.20. The summed E-state index contributed by atoms with van der Waals surface area (Å²) in [5.41, 5.74) is 2.73. The third-order valence-corrected chi connectivity index (χ3v) is 3.47. The van der Waals surface area contributed by atoms with Crippen LogP contribution in [-0.4, -0.2) is 26.2 Å². The quantitative estimate of drug-likeness (QED) is 0.758. The summed E-state index contributed by atoms with van der Waals surface area (Å²) in [6.07, 6.45) is 3.59. The Morgan fingerprint density at radius 3 is 2.39 bits per heavy atom. The molecule has 2 heteroatoms. The third-order valence-electron chi connectivity index (χ3n) is 3.47. The van der Waals surface area contributed by atoms with Crippen molar-refractivity contribution >= 4 is 5.69 Å². The average Bonchev–Trinajstić information content (AvgIpc) is 2.39. The van der Waals surface area contributed by atoms with Crippen molar-refractivity contribution in [3.63, 3.8) is 0 Å². The lowest BCUT2D eigenvalue weighted by molar-refractivity contribution is 0.513. The largest absolute Gasteiger partial charge is 0.375 e. The molecule has 0 spiro atoms. The average molecular weight is 248 g/mol. The van der Waals surface area contributed by atoms with Gasteiger partial charge in [0.15, 0.2) is 0 Å². The van der Waals surface area contributed by atoms with E-state index in [0.29, 0.717) is 6.04 Å². The maximum Gasteiger partial charge on any atom is 0.0363 e. The SMILES string of the molecule is CCNC(C)CCCN(C)c1ccc(CC)cc1. The summed E-state index contributed by atoms with van der Waals surface area (Å²) >= 11 is 0. The molecule has 1 aromatic rings. The molecule has 102 valence electrons. The molecule has 0 heterocycles. The summed E-state index contributed by atoms with van der Waals surface area (Å²) in [6, 6.07) is 9.55. The molecule has 0 aliphatic rings. The number of aryl methyl sites for hydroxylation is 1. The lowest BCUT2D eigenvalue weighted by Gasteiger charge is -2.21. The van der Waals surface area contributed by atoms with Crippen LogP contribution in [0.2, 0.25) is 0 Å². The zero-order chi connectivity index (χ0) is 13.4. The Hall–Kier alpha value is -1.02.